The van der Waals surface area contributed by atoms with Crippen LogP contribution in [-0.2, 0) is 6.42 Å². The summed E-state index contributed by atoms with van der Waals surface area (Å²) in [4.78, 5) is 0. The molecule has 1 aliphatic rings. The van der Waals surface area contributed by atoms with E-state index in [9.17, 15) is 0 Å². The van der Waals surface area contributed by atoms with Gasteiger partial charge in [-0.15, -0.1) is 0 Å². The number of benzene rings is 3. The van der Waals surface area contributed by atoms with Crippen molar-refractivity contribution in [1.29, 1.82) is 0 Å². The number of hydrogen-bond donors (Lipinski definition) is 1. The third-order valence-corrected chi connectivity index (χ3v) is 6.35. The van der Waals surface area contributed by atoms with E-state index in [1.807, 2.05) is 0 Å². The molecule has 2 unspecified atom stereocenters. The van der Waals surface area contributed by atoms with Crippen LogP contribution in [-0.4, -0.2) is 19.2 Å². The van der Waals surface area contributed by atoms with Crippen molar-refractivity contribution in [3.8, 4) is 5.75 Å². The molecule has 1 heterocycles. The van der Waals surface area contributed by atoms with Gasteiger partial charge in [-0.2, -0.15) is 0 Å². The number of hydrogen-bond acceptors (Lipinski definition) is 2. The molecule has 2 nitrogen and oxygen atoms in total. The van der Waals surface area contributed by atoms with E-state index in [4.69, 9.17) is 4.74 Å². The Kier molecular flexibility index (Phi) is 7.22. The fourth-order valence-electron chi connectivity index (χ4n) is 4.58. The highest BCUT2D eigenvalue weighted by atomic mass is 16.5. The molecule has 0 bridgehead atoms. The lowest BCUT2D eigenvalue weighted by Crippen LogP contribution is -2.26. The van der Waals surface area contributed by atoms with Gasteiger partial charge in [-0.25, -0.2) is 0 Å². The minimum absolute atomic E-state index is 0.198. The van der Waals surface area contributed by atoms with Crippen molar-refractivity contribution < 1.29 is 4.74 Å². The third kappa shape index (κ3) is 5.26. The first-order valence-electron chi connectivity index (χ1n) is 11.5. The van der Waals surface area contributed by atoms with Crippen LogP contribution < -0.4 is 10.1 Å². The molecule has 1 fully saturated rings. The highest BCUT2D eigenvalue weighted by Crippen LogP contribution is 2.37. The van der Waals surface area contributed by atoms with Crippen molar-refractivity contribution in [3.05, 3.63) is 102 Å². The van der Waals surface area contributed by atoms with Gasteiger partial charge < -0.3 is 10.1 Å². The van der Waals surface area contributed by atoms with Gasteiger partial charge in [0.1, 0.15) is 5.75 Å². The molecule has 2 heteroatoms. The maximum atomic E-state index is 6.57. The van der Waals surface area contributed by atoms with E-state index < -0.39 is 0 Å². The molecule has 0 amide bonds. The van der Waals surface area contributed by atoms with E-state index in [0.717, 1.165) is 31.7 Å². The summed E-state index contributed by atoms with van der Waals surface area (Å²) in [5.41, 5.74) is 6.57. The van der Waals surface area contributed by atoms with Gasteiger partial charge in [0.05, 0.1) is 6.10 Å². The first-order chi connectivity index (χ1) is 15.3. The zero-order valence-electron chi connectivity index (χ0n) is 18.7. The minimum Gasteiger partial charge on any atom is -0.490 e. The van der Waals surface area contributed by atoms with E-state index in [-0.39, 0.29) is 6.10 Å². The molecule has 1 saturated heterocycles. The summed E-state index contributed by atoms with van der Waals surface area (Å²) >= 11 is 0. The van der Waals surface area contributed by atoms with E-state index in [0.29, 0.717) is 5.92 Å². The Bertz CT molecular complexity index is 988. The van der Waals surface area contributed by atoms with E-state index in [2.05, 4.69) is 104 Å². The largest absolute Gasteiger partial charge is 0.490 e. The van der Waals surface area contributed by atoms with Crippen molar-refractivity contribution in [2.45, 2.75) is 39.2 Å². The Morgan fingerprint density at radius 2 is 1.58 bits per heavy atom. The number of ether oxygens (including phenoxy) is 1. The molecule has 0 aliphatic carbocycles. The lowest BCUT2D eigenvalue weighted by atomic mass is 9.88. The summed E-state index contributed by atoms with van der Waals surface area (Å²) < 4.78 is 6.57. The fraction of sp³-hybridized carbons (Fsp3) is 0.310. The van der Waals surface area contributed by atoms with Gasteiger partial charge in [0.25, 0.3) is 0 Å². The number of allylic oxidation sites excluding steroid dienone is 2. The second-order valence-electron chi connectivity index (χ2n) is 8.41. The maximum Gasteiger partial charge on any atom is 0.127 e. The Morgan fingerprint density at radius 3 is 2.26 bits per heavy atom. The molecule has 4 rings (SSSR count). The van der Waals surface area contributed by atoms with E-state index in [1.54, 1.807) is 0 Å². The monoisotopic (exact) mass is 411 g/mol. The summed E-state index contributed by atoms with van der Waals surface area (Å²) in [6.07, 6.45) is 3.24. The van der Waals surface area contributed by atoms with Gasteiger partial charge in [-0.05, 0) is 61.1 Å². The standard InChI is InChI=1S/C29H33NO/c1-3-26(27-16-10-11-17-29(27)31-22(2)25-18-19-30-21-25)28(24-14-8-5-9-15-24)20-23-12-6-4-7-13-23/h4-17,22,25,30H,3,18-21H2,1-2H3. The summed E-state index contributed by atoms with van der Waals surface area (Å²) in [6, 6.07) is 30.1. The second-order valence-corrected chi connectivity index (χ2v) is 8.41. The van der Waals surface area contributed by atoms with Crippen molar-refractivity contribution in [1.82, 2.24) is 5.32 Å². The van der Waals surface area contributed by atoms with Crippen LogP contribution in [0.15, 0.2) is 84.9 Å². The fourth-order valence-corrected chi connectivity index (χ4v) is 4.58. The van der Waals surface area contributed by atoms with Gasteiger partial charge in [0.2, 0.25) is 0 Å². The molecule has 2 atom stereocenters. The zero-order chi connectivity index (χ0) is 21.5. The number of para-hydroxylation sites is 1. The van der Waals surface area contributed by atoms with Gasteiger partial charge in [-0.3, -0.25) is 0 Å². The molecule has 0 saturated carbocycles. The average Bonchev–Trinajstić information content (AvgIpc) is 3.36. The van der Waals surface area contributed by atoms with Gasteiger partial charge in [0, 0.05) is 18.0 Å². The van der Waals surface area contributed by atoms with E-state index >= 15 is 0 Å². The Balaban J connectivity index is 1.76. The van der Waals surface area contributed by atoms with Crippen LogP contribution in [0.2, 0.25) is 0 Å². The van der Waals surface area contributed by atoms with Crippen molar-refractivity contribution in [3.63, 3.8) is 0 Å². The zero-order valence-corrected chi connectivity index (χ0v) is 18.7. The van der Waals surface area contributed by atoms with Gasteiger partial charge >= 0.3 is 0 Å². The molecule has 1 N–H and O–H groups in total. The highest BCUT2D eigenvalue weighted by molar-refractivity contribution is 5.93. The van der Waals surface area contributed by atoms with Crippen LogP contribution in [0.1, 0.15) is 43.4 Å². The molecule has 3 aromatic rings. The molecular weight excluding hydrogens is 378 g/mol. The molecule has 0 radical (unpaired) electrons. The summed E-state index contributed by atoms with van der Waals surface area (Å²) in [6.45, 7) is 6.61. The molecule has 0 spiro atoms. The molecule has 0 aromatic heterocycles. The normalized spacial score (nSPS) is 17.8. The summed E-state index contributed by atoms with van der Waals surface area (Å²) in [5, 5.41) is 3.47. The first kappa shape index (κ1) is 21.4. The first-order valence-corrected chi connectivity index (χ1v) is 11.5. The summed E-state index contributed by atoms with van der Waals surface area (Å²) in [7, 11) is 0. The third-order valence-electron chi connectivity index (χ3n) is 6.35. The van der Waals surface area contributed by atoms with E-state index in [1.165, 1.54) is 34.3 Å². The average molecular weight is 412 g/mol. The van der Waals surface area contributed by atoms with Crippen LogP contribution in [0, 0.1) is 5.92 Å². The molecule has 31 heavy (non-hydrogen) atoms. The quantitative estimate of drug-likeness (QED) is 0.420. The van der Waals surface area contributed by atoms with Crippen molar-refractivity contribution >= 4 is 11.1 Å². The molecule has 3 aromatic carbocycles. The summed E-state index contributed by atoms with van der Waals surface area (Å²) in [5.74, 6) is 1.57. The van der Waals surface area contributed by atoms with Crippen LogP contribution in [0.4, 0.5) is 0 Å². The Morgan fingerprint density at radius 1 is 0.903 bits per heavy atom. The number of nitrogens with one attached hydrogen (secondary N) is 1. The Hall–Kier alpha value is -2.84. The van der Waals surface area contributed by atoms with Crippen LogP contribution in [0.25, 0.3) is 11.1 Å². The SMILES string of the molecule is CCC(=C(Cc1ccccc1)c1ccccc1)c1ccccc1OC(C)C1CCNC1. The molecular formula is C29H33NO. The van der Waals surface area contributed by atoms with Gasteiger partial charge in [0.15, 0.2) is 0 Å². The highest BCUT2D eigenvalue weighted by Gasteiger charge is 2.24. The number of rotatable bonds is 8. The minimum atomic E-state index is 0.198. The predicted molar refractivity (Wildman–Crippen MR) is 131 cm³/mol. The topological polar surface area (TPSA) is 21.3 Å². The molecule has 1 aliphatic heterocycles. The van der Waals surface area contributed by atoms with Crippen LogP contribution in [0.5, 0.6) is 5.75 Å². The van der Waals surface area contributed by atoms with Crippen LogP contribution in [0.3, 0.4) is 0 Å². The lowest BCUT2D eigenvalue weighted by molar-refractivity contribution is 0.160. The smallest absolute Gasteiger partial charge is 0.127 e. The molecule has 160 valence electrons. The lowest BCUT2D eigenvalue weighted by Gasteiger charge is -2.24. The predicted octanol–water partition coefficient (Wildman–Crippen LogP) is 6.63. The van der Waals surface area contributed by atoms with Crippen molar-refractivity contribution in [2.24, 2.45) is 5.92 Å². The van der Waals surface area contributed by atoms with Crippen LogP contribution >= 0.6 is 0 Å². The Labute approximate surface area is 187 Å². The maximum absolute atomic E-state index is 6.57. The second kappa shape index (κ2) is 10.5. The van der Waals surface area contributed by atoms with Crippen molar-refractivity contribution in [2.75, 3.05) is 13.1 Å². The van der Waals surface area contributed by atoms with Gasteiger partial charge in [-0.1, -0.05) is 85.8 Å².